The van der Waals surface area contributed by atoms with Gasteiger partial charge in [-0.15, -0.1) is 0 Å². The predicted octanol–water partition coefficient (Wildman–Crippen LogP) is 0.672. The predicted molar refractivity (Wildman–Crippen MR) is 67.8 cm³/mol. The van der Waals surface area contributed by atoms with E-state index in [4.69, 9.17) is 15.2 Å². The summed E-state index contributed by atoms with van der Waals surface area (Å²) in [7, 11) is 1.64. The molecule has 0 saturated carbocycles. The lowest BCUT2D eigenvalue weighted by molar-refractivity contribution is -0.153. The van der Waals surface area contributed by atoms with Crippen LogP contribution in [0.5, 0.6) is 0 Å². The number of ether oxygens (including phenoxy) is 2. The number of hydrogen-bond acceptors (Lipinski definition) is 5. The Morgan fingerprint density at radius 3 is 2.53 bits per heavy atom. The summed E-state index contributed by atoms with van der Waals surface area (Å²) >= 11 is 0. The molecule has 1 unspecified atom stereocenters. The first-order valence-electron chi connectivity index (χ1n) is 6.03. The molecule has 3 N–H and O–H groups in total. The lowest BCUT2D eigenvalue weighted by Crippen LogP contribution is -2.39. The molecule has 0 radical (unpaired) electrons. The van der Waals surface area contributed by atoms with Crippen LogP contribution in [0.25, 0.3) is 0 Å². The minimum Gasteiger partial charge on any atom is -0.459 e. The van der Waals surface area contributed by atoms with Gasteiger partial charge in [0.2, 0.25) is 0 Å². The minimum atomic E-state index is -0.438. The number of carbonyl (C=O) groups excluding carboxylic acids is 1. The van der Waals surface area contributed by atoms with Gasteiger partial charge in [-0.1, -0.05) is 0 Å². The summed E-state index contributed by atoms with van der Waals surface area (Å²) in [5.41, 5.74) is 5.01. The van der Waals surface area contributed by atoms with Crippen molar-refractivity contribution in [1.82, 2.24) is 5.32 Å². The van der Waals surface area contributed by atoms with Crippen LogP contribution in [-0.2, 0) is 14.3 Å². The Kier molecular flexibility index (Phi) is 8.12. The van der Waals surface area contributed by atoms with Crippen molar-refractivity contribution in [2.45, 2.75) is 45.3 Å². The van der Waals surface area contributed by atoms with Crippen LogP contribution >= 0.6 is 0 Å². The standard InChI is InChI=1S/C12H26N2O3/c1-12(2,3)17-11(15)8-14-10(9-16-4)6-5-7-13/h10,14H,5-9,13H2,1-4H3. The van der Waals surface area contributed by atoms with E-state index in [0.29, 0.717) is 13.2 Å². The average molecular weight is 246 g/mol. The molecule has 0 bridgehead atoms. The second-order valence-corrected chi connectivity index (χ2v) is 5.05. The third-order valence-electron chi connectivity index (χ3n) is 2.08. The number of rotatable bonds is 8. The number of carbonyl (C=O) groups is 1. The zero-order valence-corrected chi connectivity index (χ0v) is 11.4. The molecule has 0 saturated heterocycles. The van der Waals surface area contributed by atoms with Gasteiger partial charge < -0.3 is 20.5 Å². The average Bonchev–Trinajstić information content (AvgIpc) is 2.19. The number of esters is 1. The van der Waals surface area contributed by atoms with Gasteiger partial charge in [0, 0.05) is 13.2 Å². The van der Waals surface area contributed by atoms with Gasteiger partial charge in [-0.25, -0.2) is 0 Å². The summed E-state index contributed by atoms with van der Waals surface area (Å²) in [6.45, 7) is 6.98. The smallest absolute Gasteiger partial charge is 0.320 e. The number of methoxy groups -OCH3 is 1. The van der Waals surface area contributed by atoms with E-state index in [1.165, 1.54) is 0 Å². The van der Waals surface area contributed by atoms with Gasteiger partial charge in [0.25, 0.3) is 0 Å². The SMILES string of the molecule is COCC(CCCN)NCC(=O)OC(C)(C)C. The Bertz CT molecular complexity index is 214. The van der Waals surface area contributed by atoms with Crippen LogP contribution in [0.2, 0.25) is 0 Å². The van der Waals surface area contributed by atoms with Gasteiger partial charge in [-0.05, 0) is 40.2 Å². The lowest BCUT2D eigenvalue weighted by atomic mass is 10.1. The first-order chi connectivity index (χ1) is 7.89. The monoisotopic (exact) mass is 246 g/mol. The molecule has 0 aliphatic rings. The molecule has 1 atom stereocenters. The molecule has 0 aromatic carbocycles. The maximum Gasteiger partial charge on any atom is 0.320 e. The Morgan fingerprint density at radius 1 is 1.41 bits per heavy atom. The van der Waals surface area contributed by atoms with Crippen LogP contribution in [0.15, 0.2) is 0 Å². The van der Waals surface area contributed by atoms with E-state index in [1.54, 1.807) is 7.11 Å². The summed E-state index contributed by atoms with van der Waals surface area (Å²) in [5.74, 6) is -0.244. The lowest BCUT2D eigenvalue weighted by Gasteiger charge is -2.21. The van der Waals surface area contributed by atoms with Gasteiger partial charge in [0.15, 0.2) is 0 Å². The summed E-state index contributed by atoms with van der Waals surface area (Å²) < 4.78 is 10.3. The molecule has 17 heavy (non-hydrogen) atoms. The molecule has 0 amide bonds. The molecule has 102 valence electrons. The van der Waals surface area contributed by atoms with Crippen molar-refractivity contribution in [2.24, 2.45) is 5.73 Å². The second-order valence-electron chi connectivity index (χ2n) is 5.05. The Hall–Kier alpha value is -0.650. The molecule has 0 aliphatic heterocycles. The Balaban J connectivity index is 3.90. The van der Waals surface area contributed by atoms with Crippen LogP contribution in [0, 0.1) is 0 Å². The van der Waals surface area contributed by atoms with Gasteiger partial charge in [-0.2, -0.15) is 0 Å². The molecule has 0 spiro atoms. The number of nitrogens with two attached hydrogens (primary N) is 1. The van der Waals surface area contributed by atoms with Crippen molar-refractivity contribution < 1.29 is 14.3 Å². The third-order valence-corrected chi connectivity index (χ3v) is 2.08. The quantitative estimate of drug-likeness (QED) is 0.616. The van der Waals surface area contributed by atoms with Crippen molar-refractivity contribution in [3.8, 4) is 0 Å². The first-order valence-corrected chi connectivity index (χ1v) is 6.03. The molecule has 0 aromatic rings. The minimum absolute atomic E-state index is 0.149. The summed E-state index contributed by atoms with van der Waals surface area (Å²) in [5, 5.41) is 3.12. The van der Waals surface area contributed by atoms with E-state index in [-0.39, 0.29) is 18.6 Å². The Morgan fingerprint density at radius 2 is 2.06 bits per heavy atom. The number of hydrogen-bond donors (Lipinski definition) is 2. The molecule has 0 fully saturated rings. The highest BCUT2D eigenvalue weighted by atomic mass is 16.6. The van der Waals surface area contributed by atoms with Crippen LogP contribution in [0.4, 0.5) is 0 Å². The maximum absolute atomic E-state index is 11.5. The van der Waals surface area contributed by atoms with E-state index in [9.17, 15) is 4.79 Å². The van der Waals surface area contributed by atoms with E-state index in [2.05, 4.69) is 5.32 Å². The molecule has 0 aromatic heterocycles. The zero-order valence-electron chi connectivity index (χ0n) is 11.4. The summed E-state index contributed by atoms with van der Waals surface area (Å²) in [6, 6.07) is 0.149. The zero-order chi connectivity index (χ0) is 13.3. The highest BCUT2D eigenvalue weighted by molar-refractivity contribution is 5.72. The van der Waals surface area contributed by atoms with E-state index < -0.39 is 5.60 Å². The fourth-order valence-corrected chi connectivity index (χ4v) is 1.42. The fraction of sp³-hybridized carbons (Fsp3) is 0.917. The maximum atomic E-state index is 11.5. The molecule has 5 heteroatoms. The van der Waals surface area contributed by atoms with Crippen molar-refractivity contribution in [3.63, 3.8) is 0 Å². The van der Waals surface area contributed by atoms with Gasteiger partial charge in [-0.3, -0.25) is 4.79 Å². The largest absolute Gasteiger partial charge is 0.459 e. The van der Waals surface area contributed by atoms with Crippen LogP contribution in [0.3, 0.4) is 0 Å². The van der Waals surface area contributed by atoms with Crippen molar-refractivity contribution in [1.29, 1.82) is 0 Å². The second kappa shape index (κ2) is 8.44. The molecular weight excluding hydrogens is 220 g/mol. The van der Waals surface area contributed by atoms with Gasteiger partial charge in [0.05, 0.1) is 13.2 Å². The van der Waals surface area contributed by atoms with Crippen molar-refractivity contribution in [3.05, 3.63) is 0 Å². The molecule has 0 rings (SSSR count). The molecular formula is C12H26N2O3. The van der Waals surface area contributed by atoms with E-state index in [1.807, 2.05) is 20.8 Å². The summed E-state index contributed by atoms with van der Waals surface area (Å²) in [4.78, 5) is 11.5. The Labute approximate surface area is 104 Å². The molecule has 0 heterocycles. The van der Waals surface area contributed by atoms with Crippen molar-refractivity contribution in [2.75, 3.05) is 26.8 Å². The van der Waals surface area contributed by atoms with Crippen LogP contribution in [-0.4, -0.2) is 44.4 Å². The highest BCUT2D eigenvalue weighted by Gasteiger charge is 2.17. The third kappa shape index (κ3) is 10.2. The fourth-order valence-electron chi connectivity index (χ4n) is 1.42. The summed E-state index contributed by atoms with van der Waals surface area (Å²) in [6.07, 6.45) is 1.81. The topological polar surface area (TPSA) is 73.6 Å². The van der Waals surface area contributed by atoms with Gasteiger partial charge in [0.1, 0.15) is 5.60 Å². The molecule has 0 aliphatic carbocycles. The van der Waals surface area contributed by atoms with Crippen LogP contribution in [0.1, 0.15) is 33.6 Å². The highest BCUT2D eigenvalue weighted by Crippen LogP contribution is 2.06. The van der Waals surface area contributed by atoms with Crippen molar-refractivity contribution >= 4 is 5.97 Å². The first kappa shape index (κ1) is 16.4. The normalized spacial score (nSPS) is 13.5. The van der Waals surface area contributed by atoms with E-state index >= 15 is 0 Å². The van der Waals surface area contributed by atoms with E-state index in [0.717, 1.165) is 12.8 Å². The van der Waals surface area contributed by atoms with Crippen LogP contribution < -0.4 is 11.1 Å². The molecule has 5 nitrogen and oxygen atoms in total. The van der Waals surface area contributed by atoms with Gasteiger partial charge >= 0.3 is 5.97 Å². The number of nitrogens with one attached hydrogen (secondary N) is 1.